The first kappa shape index (κ1) is 11.4. The lowest BCUT2D eigenvalue weighted by atomic mass is 9.80. The van der Waals surface area contributed by atoms with Crippen LogP contribution in [0.25, 0.3) is 0 Å². The van der Waals surface area contributed by atoms with Crippen LogP contribution in [0, 0.1) is 5.92 Å². The molecule has 15 heavy (non-hydrogen) atoms. The molecule has 0 aromatic carbocycles. The molecule has 2 nitrogen and oxygen atoms in total. The fourth-order valence-corrected chi connectivity index (χ4v) is 2.90. The average Bonchev–Trinajstić information content (AvgIpc) is 2.29. The van der Waals surface area contributed by atoms with Gasteiger partial charge in [0.25, 0.3) is 0 Å². The van der Waals surface area contributed by atoms with Crippen molar-refractivity contribution in [1.29, 1.82) is 0 Å². The highest BCUT2D eigenvalue weighted by atomic mass is 16.3. The zero-order valence-corrected chi connectivity index (χ0v) is 9.91. The van der Waals surface area contributed by atoms with Crippen LogP contribution < -0.4 is 5.32 Å². The molecular weight excluding hydrogens is 186 g/mol. The van der Waals surface area contributed by atoms with Crippen LogP contribution in [0.15, 0.2) is 0 Å². The van der Waals surface area contributed by atoms with Crippen LogP contribution in [-0.4, -0.2) is 23.3 Å². The first-order valence-corrected chi connectivity index (χ1v) is 6.71. The largest absolute Gasteiger partial charge is 0.392 e. The van der Waals surface area contributed by atoms with Crippen molar-refractivity contribution in [3.8, 4) is 0 Å². The van der Waals surface area contributed by atoms with Crippen molar-refractivity contribution in [2.45, 2.75) is 76.5 Å². The van der Waals surface area contributed by atoms with Crippen LogP contribution in [0.2, 0.25) is 0 Å². The van der Waals surface area contributed by atoms with Gasteiger partial charge in [0.05, 0.1) is 6.10 Å². The molecule has 0 aromatic rings. The van der Waals surface area contributed by atoms with E-state index in [1.807, 2.05) is 0 Å². The molecule has 0 heterocycles. The molecule has 2 heteroatoms. The highest BCUT2D eigenvalue weighted by molar-refractivity contribution is 4.86. The second-order valence-electron chi connectivity index (χ2n) is 5.46. The van der Waals surface area contributed by atoms with E-state index < -0.39 is 0 Å². The SMILES string of the molecule is CC(NC1CCCCCC1O)C1CCC1. The predicted molar refractivity (Wildman–Crippen MR) is 62.8 cm³/mol. The molecule has 0 amide bonds. The summed E-state index contributed by atoms with van der Waals surface area (Å²) in [5, 5.41) is 13.7. The number of rotatable bonds is 3. The third-order valence-corrected chi connectivity index (χ3v) is 4.31. The van der Waals surface area contributed by atoms with Crippen molar-refractivity contribution in [2.75, 3.05) is 0 Å². The molecule has 0 spiro atoms. The zero-order chi connectivity index (χ0) is 10.7. The van der Waals surface area contributed by atoms with Gasteiger partial charge in [0.2, 0.25) is 0 Å². The molecule has 0 radical (unpaired) electrons. The number of hydrogen-bond donors (Lipinski definition) is 2. The van der Waals surface area contributed by atoms with Crippen molar-refractivity contribution in [3.05, 3.63) is 0 Å². The maximum absolute atomic E-state index is 10.0. The molecule has 2 aliphatic rings. The molecule has 3 unspecified atom stereocenters. The molecule has 2 aliphatic carbocycles. The molecule has 0 aliphatic heterocycles. The number of hydrogen-bond acceptors (Lipinski definition) is 2. The van der Waals surface area contributed by atoms with Crippen LogP contribution in [0.3, 0.4) is 0 Å². The highest BCUT2D eigenvalue weighted by Crippen LogP contribution is 2.30. The van der Waals surface area contributed by atoms with Gasteiger partial charge in [0, 0.05) is 12.1 Å². The van der Waals surface area contributed by atoms with E-state index in [2.05, 4.69) is 12.2 Å². The van der Waals surface area contributed by atoms with Gasteiger partial charge < -0.3 is 10.4 Å². The molecule has 3 atom stereocenters. The van der Waals surface area contributed by atoms with Crippen molar-refractivity contribution < 1.29 is 5.11 Å². The summed E-state index contributed by atoms with van der Waals surface area (Å²) in [5.74, 6) is 0.875. The summed E-state index contributed by atoms with van der Waals surface area (Å²) in [7, 11) is 0. The van der Waals surface area contributed by atoms with Gasteiger partial charge >= 0.3 is 0 Å². The second kappa shape index (κ2) is 5.31. The second-order valence-corrected chi connectivity index (χ2v) is 5.46. The molecule has 2 N–H and O–H groups in total. The Morgan fingerprint density at radius 2 is 1.73 bits per heavy atom. The molecule has 0 aromatic heterocycles. The van der Waals surface area contributed by atoms with E-state index in [-0.39, 0.29) is 6.10 Å². The van der Waals surface area contributed by atoms with Crippen LogP contribution >= 0.6 is 0 Å². The lowest BCUT2D eigenvalue weighted by Gasteiger charge is -2.35. The highest BCUT2D eigenvalue weighted by Gasteiger charge is 2.28. The smallest absolute Gasteiger partial charge is 0.0693 e. The minimum atomic E-state index is -0.102. The Hall–Kier alpha value is -0.0800. The van der Waals surface area contributed by atoms with Gasteiger partial charge in [-0.1, -0.05) is 25.7 Å². The van der Waals surface area contributed by atoms with Crippen LogP contribution in [0.5, 0.6) is 0 Å². The molecule has 0 saturated heterocycles. The minimum Gasteiger partial charge on any atom is -0.392 e. The Morgan fingerprint density at radius 1 is 1.00 bits per heavy atom. The standard InChI is InChI=1S/C13H25NO/c1-10(11-6-5-7-11)14-12-8-3-2-4-9-13(12)15/h10-15H,2-9H2,1H3. The summed E-state index contributed by atoms with van der Waals surface area (Å²) in [6.07, 6.45) is 10.0. The van der Waals surface area contributed by atoms with E-state index in [9.17, 15) is 5.11 Å². The van der Waals surface area contributed by atoms with Gasteiger partial charge in [0.1, 0.15) is 0 Å². The lowest BCUT2D eigenvalue weighted by Crippen LogP contribution is -2.48. The van der Waals surface area contributed by atoms with Crippen molar-refractivity contribution in [1.82, 2.24) is 5.32 Å². The van der Waals surface area contributed by atoms with Gasteiger partial charge in [-0.25, -0.2) is 0 Å². The van der Waals surface area contributed by atoms with E-state index in [1.54, 1.807) is 0 Å². The summed E-state index contributed by atoms with van der Waals surface area (Å²) in [4.78, 5) is 0. The Labute approximate surface area is 93.5 Å². The quantitative estimate of drug-likeness (QED) is 0.703. The first-order chi connectivity index (χ1) is 7.27. The number of aliphatic hydroxyl groups excluding tert-OH is 1. The van der Waals surface area contributed by atoms with Gasteiger partial charge in [-0.05, 0) is 38.5 Å². The summed E-state index contributed by atoms with van der Waals surface area (Å²) < 4.78 is 0. The van der Waals surface area contributed by atoms with Crippen LogP contribution in [-0.2, 0) is 0 Å². The zero-order valence-electron chi connectivity index (χ0n) is 9.91. The van der Waals surface area contributed by atoms with E-state index in [0.717, 1.165) is 18.8 Å². The molecule has 2 fully saturated rings. The topological polar surface area (TPSA) is 32.3 Å². The fourth-order valence-electron chi connectivity index (χ4n) is 2.90. The van der Waals surface area contributed by atoms with Crippen LogP contribution in [0.1, 0.15) is 58.3 Å². The Kier molecular flexibility index (Phi) is 4.04. The Bertz CT molecular complexity index is 191. The normalized spacial score (nSPS) is 35.6. The first-order valence-electron chi connectivity index (χ1n) is 6.71. The van der Waals surface area contributed by atoms with Crippen molar-refractivity contribution in [2.24, 2.45) is 5.92 Å². The van der Waals surface area contributed by atoms with Gasteiger partial charge in [-0.3, -0.25) is 0 Å². The van der Waals surface area contributed by atoms with E-state index in [0.29, 0.717) is 12.1 Å². The Morgan fingerprint density at radius 3 is 2.40 bits per heavy atom. The molecular formula is C13H25NO. The van der Waals surface area contributed by atoms with Gasteiger partial charge in [-0.15, -0.1) is 0 Å². The maximum Gasteiger partial charge on any atom is 0.0693 e. The summed E-state index contributed by atoms with van der Waals surface area (Å²) in [5.41, 5.74) is 0. The molecule has 0 bridgehead atoms. The van der Waals surface area contributed by atoms with E-state index in [1.165, 1.54) is 38.5 Å². The third kappa shape index (κ3) is 2.94. The monoisotopic (exact) mass is 211 g/mol. The molecule has 88 valence electrons. The van der Waals surface area contributed by atoms with Gasteiger partial charge in [-0.2, -0.15) is 0 Å². The predicted octanol–water partition coefficient (Wildman–Crippen LogP) is 2.46. The number of aliphatic hydroxyl groups is 1. The average molecular weight is 211 g/mol. The fraction of sp³-hybridized carbons (Fsp3) is 1.00. The van der Waals surface area contributed by atoms with E-state index >= 15 is 0 Å². The Balaban J connectivity index is 1.79. The summed E-state index contributed by atoms with van der Waals surface area (Å²) >= 11 is 0. The van der Waals surface area contributed by atoms with Gasteiger partial charge in [0.15, 0.2) is 0 Å². The van der Waals surface area contributed by atoms with Crippen molar-refractivity contribution in [3.63, 3.8) is 0 Å². The van der Waals surface area contributed by atoms with Crippen LogP contribution in [0.4, 0.5) is 0 Å². The lowest BCUT2D eigenvalue weighted by molar-refractivity contribution is 0.102. The third-order valence-electron chi connectivity index (χ3n) is 4.31. The molecule has 2 saturated carbocycles. The van der Waals surface area contributed by atoms with Crippen molar-refractivity contribution >= 4 is 0 Å². The molecule has 2 rings (SSSR count). The van der Waals surface area contributed by atoms with E-state index in [4.69, 9.17) is 0 Å². The summed E-state index contributed by atoms with van der Waals surface area (Å²) in [6, 6.07) is 0.972. The number of nitrogens with one attached hydrogen (secondary N) is 1. The minimum absolute atomic E-state index is 0.102. The summed E-state index contributed by atoms with van der Waals surface area (Å²) in [6.45, 7) is 2.29. The maximum atomic E-state index is 10.0.